The van der Waals surface area contributed by atoms with Gasteiger partial charge in [0.1, 0.15) is 11.5 Å². The Bertz CT molecular complexity index is 678. The van der Waals surface area contributed by atoms with Gasteiger partial charge in [-0.15, -0.1) is 0 Å². The molecule has 2 heterocycles. The number of ether oxygens (including phenoxy) is 1. The molecule has 24 heavy (non-hydrogen) atoms. The second-order valence-electron chi connectivity index (χ2n) is 5.94. The third-order valence-electron chi connectivity index (χ3n) is 4.09. The maximum absolute atomic E-state index is 12.0. The minimum atomic E-state index is -0.220. The van der Waals surface area contributed by atoms with E-state index in [1.54, 1.807) is 0 Å². The topological polar surface area (TPSA) is 63.5 Å². The number of benzene rings is 1. The van der Waals surface area contributed by atoms with Crippen LogP contribution < -0.4 is 10.6 Å². The zero-order valence-electron chi connectivity index (χ0n) is 13.5. The van der Waals surface area contributed by atoms with Crippen molar-refractivity contribution < 1.29 is 13.9 Å². The van der Waals surface area contributed by atoms with Crippen molar-refractivity contribution in [2.24, 2.45) is 0 Å². The number of halogens is 1. The first-order valence-corrected chi connectivity index (χ1v) is 8.50. The second-order valence-corrected chi connectivity index (χ2v) is 6.38. The molecule has 2 N–H and O–H groups in total. The predicted molar refractivity (Wildman–Crippen MR) is 93.0 cm³/mol. The normalized spacial score (nSPS) is 18.3. The Balaban J connectivity index is 1.49. The van der Waals surface area contributed by atoms with Crippen LogP contribution in [0.4, 0.5) is 4.79 Å². The highest BCUT2D eigenvalue weighted by molar-refractivity contribution is 6.30. The van der Waals surface area contributed by atoms with E-state index < -0.39 is 0 Å². The molecule has 1 saturated heterocycles. The van der Waals surface area contributed by atoms with Crippen LogP contribution in [0.15, 0.2) is 40.8 Å². The molecule has 2 atom stereocenters. The molecule has 1 aliphatic heterocycles. The van der Waals surface area contributed by atoms with Crippen LogP contribution in [0.2, 0.25) is 5.02 Å². The van der Waals surface area contributed by atoms with Gasteiger partial charge in [-0.05, 0) is 56.2 Å². The standard InChI is InChI=1S/C18H21ClN2O3/c1-12(16-3-2-10-23-16)21-18(22)20-11-15-8-9-17(24-15)13-4-6-14(19)7-5-13/h4-9,12,16H,2-3,10-11H2,1H3,(H2,20,21,22)/t12-,16+/m1/s1. The van der Waals surface area contributed by atoms with Crippen molar-refractivity contribution in [3.05, 3.63) is 47.2 Å². The van der Waals surface area contributed by atoms with Crippen LogP contribution >= 0.6 is 11.6 Å². The van der Waals surface area contributed by atoms with Crippen molar-refractivity contribution in [1.82, 2.24) is 10.6 Å². The van der Waals surface area contributed by atoms with Gasteiger partial charge in [0.25, 0.3) is 0 Å². The fourth-order valence-electron chi connectivity index (χ4n) is 2.76. The summed E-state index contributed by atoms with van der Waals surface area (Å²) in [7, 11) is 0. The van der Waals surface area contributed by atoms with E-state index in [-0.39, 0.29) is 18.2 Å². The van der Waals surface area contributed by atoms with Crippen LogP contribution in [0, 0.1) is 0 Å². The van der Waals surface area contributed by atoms with Crippen LogP contribution in [-0.2, 0) is 11.3 Å². The summed E-state index contributed by atoms with van der Waals surface area (Å²) in [6.45, 7) is 3.07. The van der Waals surface area contributed by atoms with Crippen molar-refractivity contribution in [3.8, 4) is 11.3 Å². The van der Waals surface area contributed by atoms with Crippen LogP contribution in [0.5, 0.6) is 0 Å². The van der Waals surface area contributed by atoms with Crippen molar-refractivity contribution in [3.63, 3.8) is 0 Å². The minimum absolute atomic E-state index is 0.00581. The van der Waals surface area contributed by atoms with Gasteiger partial charge in [-0.3, -0.25) is 0 Å². The summed E-state index contributed by atoms with van der Waals surface area (Å²) in [6.07, 6.45) is 2.15. The first-order valence-electron chi connectivity index (χ1n) is 8.12. The van der Waals surface area contributed by atoms with Gasteiger partial charge in [0.05, 0.1) is 18.7 Å². The van der Waals surface area contributed by atoms with Gasteiger partial charge in [0, 0.05) is 17.2 Å². The summed E-state index contributed by atoms with van der Waals surface area (Å²) in [4.78, 5) is 12.0. The molecular weight excluding hydrogens is 328 g/mol. The highest BCUT2D eigenvalue weighted by Crippen LogP contribution is 2.23. The van der Waals surface area contributed by atoms with Crippen molar-refractivity contribution >= 4 is 17.6 Å². The van der Waals surface area contributed by atoms with E-state index in [1.165, 1.54) is 0 Å². The monoisotopic (exact) mass is 348 g/mol. The fourth-order valence-corrected chi connectivity index (χ4v) is 2.88. The number of amides is 2. The van der Waals surface area contributed by atoms with E-state index in [0.29, 0.717) is 17.3 Å². The summed E-state index contributed by atoms with van der Waals surface area (Å²) in [5, 5.41) is 6.40. The third-order valence-corrected chi connectivity index (χ3v) is 4.35. The van der Waals surface area contributed by atoms with Gasteiger partial charge < -0.3 is 19.8 Å². The first kappa shape index (κ1) is 16.9. The van der Waals surface area contributed by atoms with Gasteiger partial charge in [-0.1, -0.05) is 11.6 Å². The number of rotatable bonds is 5. The molecule has 6 heteroatoms. The molecule has 3 rings (SSSR count). The number of urea groups is 1. The maximum Gasteiger partial charge on any atom is 0.315 e. The lowest BCUT2D eigenvalue weighted by Gasteiger charge is -2.20. The zero-order valence-corrected chi connectivity index (χ0v) is 14.3. The zero-order chi connectivity index (χ0) is 16.9. The number of hydrogen-bond donors (Lipinski definition) is 2. The molecule has 0 radical (unpaired) electrons. The van der Waals surface area contributed by atoms with Crippen LogP contribution in [0.1, 0.15) is 25.5 Å². The van der Waals surface area contributed by atoms with Crippen molar-refractivity contribution in [1.29, 1.82) is 0 Å². The molecule has 128 valence electrons. The van der Waals surface area contributed by atoms with Gasteiger partial charge in [0.2, 0.25) is 0 Å². The highest BCUT2D eigenvalue weighted by atomic mass is 35.5. The molecule has 1 fully saturated rings. The van der Waals surface area contributed by atoms with E-state index >= 15 is 0 Å². The van der Waals surface area contributed by atoms with E-state index in [0.717, 1.165) is 30.8 Å². The Hall–Kier alpha value is -1.98. The molecule has 0 bridgehead atoms. The Kier molecular flexibility index (Phi) is 5.43. The molecule has 1 aromatic heterocycles. The molecule has 5 nitrogen and oxygen atoms in total. The van der Waals surface area contributed by atoms with E-state index in [1.807, 2.05) is 43.3 Å². The molecule has 0 saturated carbocycles. The van der Waals surface area contributed by atoms with Gasteiger partial charge in [-0.25, -0.2) is 4.79 Å². The van der Waals surface area contributed by atoms with E-state index in [2.05, 4.69) is 10.6 Å². The third kappa shape index (κ3) is 4.30. The molecule has 0 spiro atoms. The molecule has 1 aromatic carbocycles. The van der Waals surface area contributed by atoms with Crippen LogP contribution in [0.3, 0.4) is 0 Å². The lowest BCUT2D eigenvalue weighted by molar-refractivity contribution is 0.0860. The number of carbonyl (C=O) groups excluding carboxylic acids is 1. The maximum atomic E-state index is 12.0. The van der Waals surface area contributed by atoms with E-state index in [4.69, 9.17) is 20.8 Å². The summed E-state index contributed by atoms with van der Waals surface area (Å²) >= 11 is 5.88. The summed E-state index contributed by atoms with van der Waals surface area (Å²) in [5.41, 5.74) is 0.946. The first-order chi connectivity index (χ1) is 11.6. The Morgan fingerprint density at radius 1 is 1.29 bits per heavy atom. The number of furan rings is 1. The molecule has 2 amide bonds. The average Bonchev–Trinajstić information content (AvgIpc) is 3.25. The number of nitrogens with one attached hydrogen (secondary N) is 2. The lowest BCUT2D eigenvalue weighted by atomic mass is 10.1. The minimum Gasteiger partial charge on any atom is -0.459 e. The SMILES string of the molecule is C[C@@H](NC(=O)NCc1ccc(-c2ccc(Cl)cc2)o1)[C@@H]1CCCO1. The molecule has 1 aliphatic rings. The van der Waals surface area contributed by atoms with Crippen LogP contribution in [-0.4, -0.2) is 24.8 Å². The Morgan fingerprint density at radius 3 is 2.79 bits per heavy atom. The van der Waals surface area contributed by atoms with Crippen molar-refractivity contribution in [2.45, 2.75) is 38.5 Å². The smallest absolute Gasteiger partial charge is 0.315 e. The summed E-state index contributed by atoms with van der Waals surface area (Å²) < 4.78 is 11.3. The molecular formula is C18H21ClN2O3. The fraction of sp³-hybridized carbons (Fsp3) is 0.389. The number of carbonyl (C=O) groups is 1. The summed E-state index contributed by atoms with van der Waals surface area (Å²) in [6, 6.07) is 10.9. The Morgan fingerprint density at radius 2 is 2.08 bits per heavy atom. The second kappa shape index (κ2) is 7.73. The number of hydrogen-bond acceptors (Lipinski definition) is 3. The predicted octanol–water partition coefficient (Wildman–Crippen LogP) is 3.97. The van der Waals surface area contributed by atoms with Gasteiger partial charge in [-0.2, -0.15) is 0 Å². The van der Waals surface area contributed by atoms with Crippen molar-refractivity contribution in [2.75, 3.05) is 6.61 Å². The van der Waals surface area contributed by atoms with Gasteiger partial charge >= 0.3 is 6.03 Å². The molecule has 0 unspecified atom stereocenters. The van der Waals surface area contributed by atoms with Crippen LogP contribution in [0.25, 0.3) is 11.3 Å². The molecule has 0 aliphatic carbocycles. The average molecular weight is 349 g/mol. The largest absolute Gasteiger partial charge is 0.459 e. The summed E-state index contributed by atoms with van der Waals surface area (Å²) in [5.74, 6) is 1.44. The van der Waals surface area contributed by atoms with Gasteiger partial charge in [0.15, 0.2) is 0 Å². The Labute approximate surface area is 146 Å². The highest BCUT2D eigenvalue weighted by Gasteiger charge is 2.23. The van der Waals surface area contributed by atoms with E-state index in [9.17, 15) is 4.79 Å². The quantitative estimate of drug-likeness (QED) is 0.859. The lowest BCUT2D eigenvalue weighted by Crippen LogP contribution is -2.45. The molecule has 2 aromatic rings.